The van der Waals surface area contributed by atoms with Crippen LogP contribution in [0.25, 0.3) is 0 Å². The van der Waals surface area contributed by atoms with Crippen LogP contribution in [0.15, 0.2) is 71.6 Å². The van der Waals surface area contributed by atoms with Gasteiger partial charge < -0.3 is 14.4 Å². The highest BCUT2D eigenvalue weighted by atomic mass is 35.5. The number of carbonyl (C=O) groups excluding carboxylic acids is 2. The molecule has 0 spiro atoms. The van der Waals surface area contributed by atoms with E-state index in [1.165, 1.54) is 34.6 Å². The van der Waals surface area contributed by atoms with Gasteiger partial charge in [0.1, 0.15) is 12.4 Å². The zero-order valence-corrected chi connectivity index (χ0v) is 22.8. The summed E-state index contributed by atoms with van der Waals surface area (Å²) in [4.78, 5) is 24.8. The SMILES string of the molecule is CCN(CCN(CC(=O)NO)S(=O)(=O)c1cc(F)c(Oc2ccc(Cl)cc2)c(F)c1)C(=O)OCc1ccccc1. The molecule has 0 heterocycles. The molecule has 0 aromatic heterocycles. The smallest absolute Gasteiger partial charge is 0.410 e. The summed E-state index contributed by atoms with van der Waals surface area (Å²) in [6.07, 6.45) is -0.740. The number of hydrogen-bond donors (Lipinski definition) is 2. The third-order valence-corrected chi connectivity index (χ3v) is 7.63. The molecule has 0 unspecified atom stereocenters. The Kier molecular flexibility index (Phi) is 10.8. The Morgan fingerprint density at radius 2 is 1.62 bits per heavy atom. The molecule has 0 aliphatic rings. The number of sulfonamides is 1. The minimum Gasteiger partial charge on any atom is -0.451 e. The van der Waals surface area contributed by atoms with Gasteiger partial charge in [0.05, 0.1) is 11.4 Å². The number of nitrogens with one attached hydrogen (secondary N) is 1. The predicted molar refractivity (Wildman–Crippen MR) is 140 cm³/mol. The molecule has 0 aliphatic heterocycles. The maximum absolute atomic E-state index is 14.8. The van der Waals surface area contributed by atoms with E-state index < -0.39 is 57.4 Å². The second kappa shape index (κ2) is 14.0. The van der Waals surface area contributed by atoms with Crippen molar-refractivity contribution < 1.29 is 41.5 Å². The lowest BCUT2D eigenvalue weighted by molar-refractivity contribution is -0.129. The van der Waals surface area contributed by atoms with Crippen LogP contribution in [0.5, 0.6) is 11.5 Å². The van der Waals surface area contributed by atoms with Gasteiger partial charge in [-0.1, -0.05) is 41.9 Å². The lowest BCUT2D eigenvalue weighted by Crippen LogP contribution is -2.45. The summed E-state index contributed by atoms with van der Waals surface area (Å²) >= 11 is 5.79. The van der Waals surface area contributed by atoms with Crippen molar-refractivity contribution in [3.8, 4) is 11.5 Å². The van der Waals surface area contributed by atoms with E-state index in [-0.39, 0.29) is 25.4 Å². The van der Waals surface area contributed by atoms with Gasteiger partial charge in [-0.15, -0.1) is 0 Å². The first-order valence-electron chi connectivity index (χ1n) is 11.9. The molecule has 0 aliphatic carbocycles. The molecule has 2 amide bonds. The van der Waals surface area contributed by atoms with Crippen molar-refractivity contribution in [3.05, 3.63) is 89.0 Å². The van der Waals surface area contributed by atoms with Gasteiger partial charge in [0.25, 0.3) is 5.91 Å². The highest BCUT2D eigenvalue weighted by Crippen LogP contribution is 2.31. The molecule has 0 radical (unpaired) electrons. The van der Waals surface area contributed by atoms with Gasteiger partial charge in [0, 0.05) is 24.7 Å². The van der Waals surface area contributed by atoms with E-state index in [0.717, 1.165) is 5.56 Å². The minimum atomic E-state index is -4.70. The van der Waals surface area contributed by atoms with E-state index in [1.807, 2.05) is 0 Å². The number of likely N-dealkylation sites (N-methyl/N-ethyl adjacent to an activating group) is 1. The third kappa shape index (κ3) is 8.11. The van der Waals surface area contributed by atoms with E-state index in [1.54, 1.807) is 37.3 Å². The summed E-state index contributed by atoms with van der Waals surface area (Å²) < 4.78 is 67.3. The second-order valence-electron chi connectivity index (χ2n) is 8.27. The molecule has 40 heavy (non-hydrogen) atoms. The molecule has 0 saturated heterocycles. The van der Waals surface area contributed by atoms with Crippen molar-refractivity contribution in [2.24, 2.45) is 0 Å². The molecule has 0 atom stereocenters. The number of carbonyl (C=O) groups is 2. The van der Waals surface area contributed by atoms with Gasteiger partial charge in [0.15, 0.2) is 17.4 Å². The molecule has 0 saturated carbocycles. The van der Waals surface area contributed by atoms with Crippen LogP contribution in [0.3, 0.4) is 0 Å². The zero-order valence-electron chi connectivity index (χ0n) is 21.2. The van der Waals surface area contributed by atoms with Crippen molar-refractivity contribution in [2.75, 3.05) is 26.2 Å². The van der Waals surface area contributed by atoms with Crippen LogP contribution in [-0.2, 0) is 26.2 Å². The highest BCUT2D eigenvalue weighted by molar-refractivity contribution is 7.89. The Balaban J connectivity index is 1.79. The molecule has 3 rings (SSSR count). The van der Waals surface area contributed by atoms with Crippen molar-refractivity contribution in [1.82, 2.24) is 14.7 Å². The Bertz CT molecular complexity index is 1400. The molecule has 14 heteroatoms. The quantitative estimate of drug-likeness (QED) is 0.231. The molecule has 214 valence electrons. The van der Waals surface area contributed by atoms with Gasteiger partial charge in [-0.3, -0.25) is 10.0 Å². The van der Waals surface area contributed by atoms with Gasteiger partial charge in [-0.2, -0.15) is 4.31 Å². The van der Waals surface area contributed by atoms with Crippen LogP contribution in [-0.4, -0.2) is 61.0 Å². The van der Waals surface area contributed by atoms with Crippen LogP contribution >= 0.6 is 11.6 Å². The molecular weight excluding hydrogens is 572 g/mol. The molecule has 0 fully saturated rings. The van der Waals surface area contributed by atoms with Crippen LogP contribution in [0.1, 0.15) is 12.5 Å². The summed E-state index contributed by atoms with van der Waals surface area (Å²) in [5, 5.41) is 9.31. The van der Waals surface area contributed by atoms with Gasteiger partial charge >= 0.3 is 6.09 Å². The van der Waals surface area contributed by atoms with E-state index in [2.05, 4.69) is 0 Å². The maximum Gasteiger partial charge on any atom is 0.410 e. The zero-order chi connectivity index (χ0) is 29.3. The standard InChI is InChI=1S/C26H26ClF2N3O7S/c1-2-31(26(34)38-17-18-6-4-3-5-7-18)12-13-32(16-24(33)30-35)40(36,37)21-14-22(28)25(23(29)15-21)39-20-10-8-19(27)9-11-20/h3-11,14-15,35H,2,12-13,16-17H2,1H3,(H,30,33). The van der Waals surface area contributed by atoms with Crippen LogP contribution in [0, 0.1) is 11.6 Å². The highest BCUT2D eigenvalue weighted by Gasteiger charge is 2.30. The number of hydrogen-bond acceptors (Lipinski definition) is 7. The number of rotatable bonds is 12. The van der Waals surface area contributed by atoms with Crippen LogP contribution < -0.4 is 10.2 Å². The topological polar surface area (TPSA) is 125 Å². The first-order valence-corrected chi connectivity index (χ1v) is 13.7. The number of halogens is 3. The molecule has 0 bridgehead atoms. The molecular formula is C26H26ClF2N3O7S. The van der Waals surface area contributed by atoms with E-state index in [4.69, 9.17) is 26.3 Å². The fourth-order valence-corrected chi connectivity index (χ4v) is 4.99. The summed E-state index contributed by atoms with van der Waals surface area (Å²) in [5.41, 5.74) is 2.06. The lowest BCUT2D eigenvalue weighted by Gasteiger charge is -2.26. The molecule has 2 N–H and O–H groups in total. The summed E-state index contributed by atoms with van der Waals surface area (Å²) in [6.45, 7) is 0.151. The predicted octanol–water partition coefficient (Wildman–Crippen LogP) is 4.57. The summed E-state index contributed by atoms with van der Waals surface area (Å²) in [7, 11) is -4.70. The number of amides is 2. The number of hydroxylamine groups is 1. The lowest BCUT2D eigenvalue weighted by atomic mass is 10.2. The molecule has 10 nitrogen and oxygen atoms in total. The second-order valence-corrected chi connectivity index (χ2v) is 10.6. The van der Waals surface area contributed by atoms with E-state index in [0.29, 0.717) is 21.5 Å². The Labute approximate surface area is 234 Å². The average molecular weight is 598 g/mol. The van der Waals surface area contributed by atoms with Crippen molar-refractivity contribution in [1.29, 1.82) is 0 Å². The number of ether oxygens (including phenoxy) is 2. The van der Waals surface area contributed by atoms with Gasteiger partial charge in [-0.05, 0) is 48.9 Å². The number of nitrogens with zero attached hydrogens (tertiary/aromatic N) is 2. The van der Waals surface area contributed by atoms with E-state index in [9.17, 15) is 26.8 Å². The fourth-order valence-electron chi connectivity index (χ4n) is 3.45. The third-order valence-electron chi connectivity index (χ3n) is 5.55. The van der Waals surface area contributed by atoms with Crippen molar-refractivity contribution >= 4 is 33.6 Å². The van der Waals surface area contributed by atoms with Crippen LogP contribution in [0.4, 0.5) is 13.6 Å². The largest absolute Gasteiger partial charge is 0.451 e. The molecule has 3 aromatic carbocycles. The molecule has 3 aromatic rings. The fraction of sp³-hybridized carbons (Fsp3) is 0.231. The van der Waals surface area contributed by atoms with Crippen LogP contribution in [0.2, 0.25) is 5.02 Å². The Morgan fingerprint density at radius 1 is 1.00 bits per heavy atom. The summed E-state index contributed by atoms with van der Waals surface area (Å²) in [5.74, 6) is -4.54. The first-order chi connectivity index (χ1) is 19.0. The van der Waals surface area contributed by atoms with Gasteiger partial charge in [-0.25, -0.2) is 27.5 Å². The average Bonchev–Trinajstić information content (AvgIpc) is 2.94. The Hall–Kier alpha value is -3.78. The first kappa shape index (κ1) is 30.8. The van der Waals surface area contributed by atoms with E-state index >= 15 is 0 Å². The maximum atomic E-state index is 14.8. The van der Waals surface area contributed by atoms with Crippen molar-refractivity contribution in [2.45, 2.75) is 18.4 Å². The van der Waals surface area contributed by atoms with Gasteiger partial charge in [0.2, 0.25) is 10.0 Å². The normalized spacial score (nSPS) is 11.2. The summed E-state index contributed by atoms with van der Waals surface area (Å²) in [6, 6.07) is 15.6. The van der Waals surface area contributed by atoms with Crippen molar-refractivity contribution in [3.63, 3.8) is 0 Å². The minimum absolute atomic E-state index is 0.0197. The Morgan fingerprint density at radius 3 is 2.20 bits per heavy atom. The number of benzene rings is 3. The monoisotopic (exact) mass is 597 g/mol.